The van der Waals surface area contributed by atoms with Gasteiger partial charge in [-0.05, 0) is 39.0 Å². The van der Waals surface area contributed by atoms with Gasteiger partial charge in [-0.25, -0.2) is 15.8 Å². The fourth-order valence-corrected chi connectivity index (χ4v) is 5.61. The Hall–Kier alpha value is -1.88. The summed E-state index contributed by atoms with van der Waals surface area (Å²) >= 11 is 0. The van der Waals surface area contributed by atoms with E-state index in [1.807, 2.05) is 18.9 Å². The number of hydrogen-bond acceptors (Lipinski definition) is 7. The second kappa shape index (κ2) is 8.16. The molecule has 0 aliphatic carbocycles. The summed E-state index contributed by atoms with van der Waals surface area (Å²) in [5, 5.41) is 9.93. The first-order chi connectivity index (χ1) is 15.1. The van der Waals surface area contributed by atoms with Gasteiger partial charge in [-0.2, -0.15) is 0 Å². The molecule has 3 radical (unpaired) electrons. The van der Waals surface area contributed by atoms with Gasteiger partial charge in [-0.1, -0.05) is 20.3 Å². The van der Waals surface area contributed by atoms with Crippen LogP contribution in [0.1, 0.15) is 46.5 Å². The minimum Gasteiger partial charge on any atom is -0.298 e. The quantitative estimate of drug-likeness (QED) is 0.525. The van der Waals surface area contributed by atoms with E-state index in [-0.39, 0.29) is 42.9 Å². The lowest BCUT2D eigenvalue weighted by molar-refractivity contribution is -0.147. The smallest absolute Gasteiger partial charge is 0.260 e. The summed E-state index contributed by atoms with van der Waals surface area (Å²) in [6.07, 6.45) is 1.77. The third-order valence-corrected chi connectivity index (χ3v) is 7.83. The van der Waals surface area contributed by atoms with Crippen molar-refractivity contribution in [1.29, 1.82) is 0 Å². The number of hydrogen-bond donors (Lipinski definition) is 1. The molecule has 5 atom stereocenters. The maximum absolute atomic E-state index is 13.6. The van der Waals surface area contributed by atoms with Gasteiger partial charge in [0.2, 0.25) is 0 Å². The average molecular weight is 446 g/mol. The Balaban J connectivity index is 1.50. The molecule has 0 bridgehead atoms. The van der Waals surface area contributed by atoms with Gasteiger partial charge >= 0.3 is 0 Å². The van der Waals surface area contributed by atoms with Crippen LogP contribution in [0.3, 0.4) is 0 Å². The Morgan fingerprint density at radius 2 is 1.72 bits per heavy atom. The van der Waals surface area contributed by atoms with Crippen LogP contribution in [0.15, 0.2) is 0 Å². The lowest BCUT2D eigenvalue weighted by Crippen LogP contribution is -2.61. The molecule has 5 unspecified atom stereocenters. The van der Waals surface area contributed by atoms with E-state index in [1.165, 1.54) is 11.9 Å². The average Bonchev–Trinajstić information content (AvgIpc) is 3.49. The van der Waals surface area contributed by atoms with Crippen LogP contribution < -0.4 is 11.1 Å². The SMILES string of the molecule is [CH]CC1([NH])CN2CCC(C(=O)CNC3(C(C)CC)CN4CCC(C(C)=O)N4C3=O)N2C1=O. The lowest BCUT2D eigenvalue weighted by Gasteiger charge is -2.35. The summed E-state index contributed by atoms with van der Waals surface area (Å²) in [6, 6.07) is -1.10. The molecule has 4 heterocycles. The number of carbonyl (C=O) groups is 4. The van der Waals surface area contributed by atoms with Crippen LogP contribution in [0, 0.1) is 12.8 Å². The highest BCUT2D eigenvalue weighted by molar-refractivity contribution is 5.97. The van der Waals surface area contributed by atoms with Crippen molar-refractivity contribution in [2.24, 2.45) is 5.92 Å². The highest BCUT2D eigenvalue weighted by Gasteiger charge is 2.59. The number of hydrazine groups is 2. The van der Waals surface area contributed by atoms with Gasteiger partial charge in [-0.15, -0.1) is 0 Å². The molecule has 4 rings (SSSR count). The molecule has 0 saturated carbocycles. The Morgan fingerprint density at radius 1 is 1.12 bits per heavy atom. The predicted molar refractivity (Wildman–Crippen MR) is 114 cm³/mol. The predicted octanol–water partition coefficient (Wildman–Crippen LogP) is -0.695. The number of fused-ring (bicyclic) bond motifs is 2. The van der Waals surface area contributed by atoms with E-state index in [2.05, 4.69) is 5.32 Å². The molecule has 4 aliphatic heterocycles. The van der Waals surface area contributed by atoms with Crippen LogP contribution in [0.5, 0.6) is 0 Å². The lowest BCUT2D eigenvalue weighted by atomic mass is 9.82. The van der Waals surface area contributed by atoms with Gasteiger partial charge in [0.1, 0.15) is 23.2 Å². The number of Topliss-reactive ketones (excluding diaryl/α,β-unsaturated/α-hetero) is 2. The topological polar surface area (TPSA) is 117 Å². The summed E-state index contributed by atoms with van der Waals surface area (Å²) in [5.74, 6) is -0.846. The number of carbonyl (C=O) groups excluding carboxylic acids is 4. The summed E-state index contributed by atoms with van der Waals surface area (Å²) in [4.78, 5) is 51.6. The minimum absolute atomic E-state index is 0.0331. The van der Waals surface area contributed by atoms with Crippen LogP contribution in [-0.4, -0.2) is 99.3 Å². The summed E-state index contributed by atoms with van der Waals surface area (Å²) in [5.41, 5.74) is 5.93. The minimum atomic E-state index is -1.41. The van der Waals surface area contributed by atoms with E-state index in [0.29, 0.717) is 32.5 Å². The molecular weight excluding hydrogens is 412 g/mol. The van der Waals surface area contributed by atoms with Gasteiger partial charge in [0.05, 0.1) is 6.54 Å². The maximum Gasteiger partial charge on any atom is 0.260 e. The molecular formula is C22H33N6O4. The Bertz CT molecular complexity index is 835. The molecule has 4 aliphatic rings. The first-order valence-electron chi connectivity index (χ1n) is 11.5. The first kappa shape index (κ1) is 23.3. The number of amides is 2. The number of rotatable bonds is 8. The summed E-state index contributed by atoms with van der Waals surface area (Å²) in [6.45, 7) is 12.9. The first-order valence-corrected chi connectivity index (χ1v) is 11.5. The van der Waals surface area contributed by atoms with Gasteiger partial charge in [-0.3, -0.25) is 34.5 Å². The molecule has 0 aromatic carbocycles. The molecule has 4 saturated heterocycles. The monoisotopic (exact) mass is 445 g/mol. The van der Waals surface area contributed by atoms with Crippen LogP contribution in [0.25, 0.3) is 0 Å². The number of nitrogens with one attached hydrogen (secondary N) is 2. The Morgan fingerprint density at radius 3 is 2.31 bits per heavy atom. The number of ketones is 2. The van der Waals surface area contributed by atoms with E-state index < -0.39 is 29.1 Å². The van der Waals surface area contributed by atoms with Crippen molar-refractivity contribution < 1.29 is 19.2 Å². The van der Waals surface area contributed by atoms with Crippen molar-refractivity contribution in [3.05, 3.63) is 6.92 Å². The van der Waals surface area contributed by atoms with Crippen LogP contribution in [-0.2, 0) is 19.2 Å². The normalized spacial score (nSPS) is 36.2. The highest BCUT2D eigenvalue weighted by atomic mass is 16.2. The fourth-order valence-electron chi connectivity index (χ4n) is 5.61. The zero-order chi connectivity index (χ0) is 23.4. The van der Waals surface area contributed by atoms with Crippen LogP contribution in [0.4, 0.5) is 0 Å². The van der Waals surface area contributed by atoms with Crippen molar-refractivity contribution in [2.75, 3.05) is 32.7 Å². The molecule has 32 heavy (non-hydrogen) atoms. The fraction of sp³-hybridized carbons (Fsp3) is 0.773. The van der Waals surface area contributed by atoms with E-state index in [9.17, 15) is 19.2 Å². The second-order valence-corrected chi connectivity index (χ2v) is 9.68. The van der Waals surface area contributed by atoms with Crippen LogP contribution >= 0.6 is 0 Å². The van der Waals surface area contributed by atoms with E-state index in [1.54, 1.807) is 10.0 Å². The van der Waals surface area contributed by atoms with Crippen molar-refractivity contribution in [3.8, 4) is 0 Å². The molecule has 4 fully saturated rings. The molecule has 0 aromatic rings. The maximum atomic E-state index is 13.6. The molecule has 10 heteroatoms. The van der Waals surface area contributed by atoms with Crippen molar-refractivity contribution in [1.82, 2.24) is 31.1 Å². The standard InChI is InChI=1S/C22H33N6O4/c1-5-14(3)22(13-26-9-7-16(15(4)29)27(26)20(22)32)24-11-18(30)17-8-10-25-12-21(23,6-2)19(31)28(17)25/h2,14,16-17,23-24H,5-13H2,1,3-4H3. The van der Waals surface area contributed by atoms with Crippen molar-refractivity contribution in [2.45, 2.75) is 69.6 Å². The van der Waals surface area contributed by atoms with Gasteiger partial charge < -0.3 is 0 Å². The largest absolute Gasteiger partial charge is 0.298 e. The summed E-state index contributed by atoms with van der Waals surface area (Å²) < 4.78 is 0. The third kappa shape index (κ3) is 3.30. The molecule has 175 valence electrons. The van der Waals surface area contributed by atoms with Crippen LogP contribution in [0.2, 0.25) is 0 Å². The number of nitrogens with zero attached hydrogens (tertiary/aromatic N) is 4. The van der Waals surface area contributed by atoms with E-state index in [4.69, 9.17) is 12.7 Å². The second-order valence-electron chi connectivity index (χ2n) is 9.68. The highest BCUT2D eigenvalue weighted by Crippen LogP contribution is 2.37. The van der Waals surface area contributed by atoms with E-state index >= 15 is 0 Å². The third-order valence-electron chi connectivity index (χ3n) is 7.83. The Kier molecular flexibility index (Phi) is 5.94. The van der Waals surface area contributed by atoms with Gasteiger partial charge in [0.15, 0.2) is 11.6 Å². The van der Waals surface area contributed by atoms with E-state index in [0.717, 1.165) is 6.42 Å². The van der Waals surface area contributed by atoms with Crippen molar-refractivity contribution >= 4 is 23.4 Å². The molecule has 2 amide bonds. The Labute approximate surface area is 189 Å². The van der Waals surface area contributed by atoms with Gasteiger partial charge in [0.25, 0.3) is 11.8 Å². The molecule has 0 aromatic heterocycles. The zero-order valence-electron chi connectivity index (χ0n) is 19.1. The molecule has 2 N–H and O–H groups in total. The molecule has 0 spiro atoms. The summed E-state index contributed by atoms with van der Waals surface area (Å²) in [7, 11) is 0. The van der Waals surface area contributed by atoms with Gasteiger partial charge in [0, 0.05) is 26.2 Å². The zero-order valence-corrected chi connectivity index (χ0v) is 19.1. The molecule has 10 nitrogen and oxygen atoms in total. The van der Waals surface area contributed by atoms with Crippen molar-refractivity contribution in [3.63, 3.8) is 0 Å².